The van der Waals surface area contributed by atoms with Crippen LogP contribution < -0.4 is 10.8 Å². The van der Waals surface area contributed by atoms with Gasteiger partial charge in [-0.25, -0.2) is 5.48 Å². The van der Waals surface area contributed by atoms with Crippen LogP contribution >= 0.6 is 0 Å². The van der Waals surface area contributed by atoms with Crippen LogP contribution in [-0.2, 0) is 9.63 Å². The van der Waals surface area contributed by atoms with Gasteiger partial charge in [-0.3, -0.25) is 9.79 Å². The molecule has 2 heterocycles. The zero-order valence-corrected chi connectivity index (χ0v) is 9.25. The molecule has 0 aromatic rings. The van der Waals surface area contributed by atoms with E-state index in [9.17, 15) is 4.79 Å². The second kappa shape index (κ2) is 4.83. The summed E-state index contributed by atoms with van der Waals surface area (Å²) in [6.45, 7) is 2.15. The molecule has 0 aromatic heterocycles. The quantitative estimate of drug-likeness (QED) is 0.704. The van der Waals surface area contributed by atoms with Gasteiger partial charge in [0.2, 0.25) is 0 Å². The highest BCUT2D eigenvalue weighted by atomic mass is 16.6. The average molecular weight is 221 g/mol. The molecule has 0 saturated heterocycles. The highest BCUT2D eigenvalue weighted by molar-refractivity contribution is 6.27. The molecule has 1 amide bonds. The fourth-order valence-corrected chi connectivity index (χ4v) is 1.67. The zero-order chi connectivity index (χ0) is 11.4. The summed E-state index contributed by atoms with van der Waals surface area (Å²) in [7, 11) is 0. The van der Waals surface area contributed by atoms with Crippen molar-refractivity contribution in [3.05, 3.63) is 23.4 Å². The molecule has 2 aliphatic heterocycles. The second-order valence-electron chi connectivity index (χ2n) is 3.78. The summed E-state index contributed by atoms with van der Waals surface area (Å²) in [6, 6.07) is 0. The molecule has 2 aliphatic rings. The largest absolute Gasteiger partial charge is 0.388 e. The number of amides is 1. The molecule has 0 bridgehead atoms. The van der Waals surface area contributed by atoms with Crippen molar-refractivity contribution in [3.8, 4) is 0 Å². The third kappa shape index (κ3) is 2.24. The number of aliphatic imine (C=N–C) groups is 1. The Labute approximate surface area is 94.2 Å². The Hall–Kier alpha value is -1.78. The van der Waals surface area contributed by atoms with Gasteiger partial charge < -0.3 is 10.2 Å². The molecule has 0 radical (unpaired) electrons. The van der Waals surface area contributed by atoms with Gasteiger partial charge in [-0.1, -0.05) is 19.8 Å². The van der Waals surface area contributed by atoms with Crippen LogP contribution in [0.3, 0.4) is 0 Å². The predicted octanol–water partition coefficient (Wildman–Crippen LogP) is 1.36. The van der Waals surface area contributed by atoms with Crippen molar-refractivity contribution in [2.75, 3.05) is 0 Å². The molecule has 0 saturated carbocycles. The van der Waals surface area contributed by atoms with Crippen molar-refractivity contribution in [2.45, 2.75) is 32.6 Å². The van der Waals surface area contributed by atoms with E-state index in [4.69, 9.17) is 4.84 Å². The van der Waals surface area contributed by atoms with E-state index in [-0.39, 0.29) is 5.91 Å². The van der Waals surface area contributed by atoms with E-state index in [0.29, 0.717) is 5.70 Å². The van der Waals surface area contributed by atoms with Crippen molar-refractivity contribution >= 4 is 12.1 Å². The summed E-state index contributed by atoms with van der Waals surface area (Å²) in [4.78, 5) is 20.4. The van der Waals surface area contributed by atoms with E-state index < -0.39 is 0 Å². The van der Waals surface area contributed by atoms with Crippen LogP contribution in [0.5, 0.6) is 0 Å². The molecule has 0 unspecified atom stereocenters. The maximum absolute atomic E-state index is 11.3. The molecular formula is C11H15N3O2. The minimum Gasteiger partial charge on any atom is -0.388 e. The Morgan fingerprint density at radius 3 is 3.12 bits per heavy atom. The number of nitrogens with zero attached hydrogens (tertiary/aromatic N) is 1. The van der Waals surface area contributed by atoms with E-state index in [1.54, 1.807) is 0 Å². The maximum Gasteiger partial charge on any atom is 0.266 e. The number of carbonyl (C=O) groups is 1. The summed E-state index contributed by atoms with van der Waals surface area (Å²) in [5, 5.41) is 2.69. The third-order valence-corrected chi connectivity index (χ3v) is 2.51. The molecule has 0 aromatic carbocycles. The van der Waals surface area contributed by atoms with Gasteiger partial charge in [-0.05, 0) is 12.8 Å². The second-order valence-corrected chi connectivity index (χ2v) is 3.78. The number of allylic oxidation sites excluding steroid dienone is 1. The van der Waals surface area contributed by atoms with Gasteiger partial charge >= 0.3 is 0 Å². The van der Waals surface area contributed by atoms with Gasteiger partial charge in [0.25, 0.3) is 5.91 Å². The number of nitrogens with one attached hydrogen (secondary N) is 2. The number of hydrogen-bond acceptors (Lipinski definition) is 4. The topological polar surface area (TPSA) is 62.7 Å². The minimum atomic E-state index is -0.221. The van der Waals surface area contributed by atoms with Gasteiger partial charge in [0.15, 0.2) is 0 Å². The Balaban J connectivity index is 2.14. The van der Waals surface area contributed by atoms with Crippen molar-refractivity contribution in [1.29, 1.82) is 0 Å². The van der Waals surface area contributed by atoms with Crippen LogP contribution in [0.4, 0.5) is 0 Å². The molecule has 0 fully saturated rings. The number of fused-ring (bicyclic) bond motifs is 1. The normalized spacial score (nSPS) is 18.3. The lowest BCUT2D eigenvalue weighted by Gasteiger charge is -2.06. The van der Waals surface area contributed by atoms with E-state index in [2.05, 4.69) is 22.7 Å². The number of unbranched alkanes of at least 4 members (excludes halogenated alkanes) is 2. The predicted molar refractivity (Wildman–Crippen MR) is 60.1 cm³/mol. The molecule has 0 atom stereocenters. The van der Waals surface area contributed by atoms with Gasteiger partial charge in [-0.15, -0.1) is 0 Å². The van der Waals surface area contributed by atoms with Crippen LogP contribution in [0.15, 0.2) is 28.3 Å². The molecule has 16 heavy (non-hydrogen) atoms. The Morgan fingerprint density at radius 2 is 2.31 bits per heavy atom. The fourth-order valence-electron chi connectivity index (χ4n) is 1.67. The summed E-state index contributed by atoms with van der Waals surface area (Å²) in [5.41, 5.74) is 5.06. The van der Waals surface area contributed by atoms with E-state index in [1.165, 1.54) is 12.5 Å². The lowest BCUT2D eigenvalue weighted by Crippen LogP contribution is -2.23. The summed E-state index contributed by atoms with van der Waals surface area (Å²) < 4.78 is 0. The highest BCUT2D eigenvalue weighted by Gasteiger charge is 2.21. The lowest BCUT2D eigenvalue weighted by molar-refractivity contribution is -0.113. The summed E-state index contributed by atoms with van der Waals surface area (Å²) in [5.74, 6) is -0.221. The SMILES string of the molecule is CCCCCC1=C2NOC=C2NC(=O)C=N1. The Bertz CT molecular complexity index is 383. The molecule has 2 N–H and O–H groups in total. The van der Waals surface area contributed by atoms with E-state index in [0.717, 1.165) is 37.1 Å². The first-order chi connectivity index (χ1) is 7.81. The molecule has 86 valence electrons. The highest BCUT2D eigenvalue weighted by Crippen LogP contribution is 2.22. The van der Waals surface area contributed by atoms with Gasteiger partial charge in [0.1, 0.15) is 17.7 Å². The van der Waals surface area contributed by atoms with Gasteiger partial charge in [0.05, 0.1) is 11.9 Å². The van der Waals surface area contributed by atoms with Crippen LogP contribution in [0.1, 0.15) is 32.6 Å². The minimum absolute atomic E-state index is 0.221. The van der Waals surface area contributed by atoms with E-state index in [1.807, 2.05) is 0 Å². The maximum atomic E-state index is 11.3. The lowest BCUT2D eigenvalue weighted by atomic mass is 10.1. The van der Waals surface area contributed by atoms with Crippen molar-refractivity contribution in [2.24, 2.45) is 4.99 Å². The summed E-state index contributed by atoms with van der Waals surface area (Å²) >= 11 is 0. The zero-order valence-electron chi connectivity index (χ0n) is 9.25. The van der Waals surface area contributed by atoms with Crippen LogP contribution in [0.25, 0.3) is 0 Å². The Kier molecular flexibility index (Phi) is 3.24. The molecule has 0 spiro atoms. The molecular weight excluding hydrogens is 206 g/mol. The fraction of sp³-hybridized carbons (Fsp3) is 0.455. The smallest absolute Gasteiger partial charge is 0.266 e. The van der Waals surface area contributed by atoms with Crippen LogP contribution in [-0.4, -0.2) is 12.1 Å². The van der Waals surface area contributed by atoms with E-state index >= 15 is 0 Å². The number of rotatable bonds is 4. The molecule has 5 heteroatoms. The average Bonchev–Trinajstić information content (AvgIpc) is 2.66. The van der Waals surface area contributed by atoms with Gasteiger partial charge in [0, 0.05) is 0 Å². The molecule has 5 nitrogen and oxygen atoms in total. The van der Waals surface area contributed by atoms with Crippen molar-refractivity contribution < 1.29 is 9.63 Å². The first-order valence-corrected chi connectivity index (χ1v) is 5.51. The molecule has 2 rings (SSSR count). The number of hydrogen-bond donors (Lipinski definition) is 2. The van der Waals surface area contributed by atoms with Crippen molar-refractivity contribution in [3.63, 3.8) is 0 Å². The first kappa shape index (κ1) is 10.7. The van der Waals surface area contributed by atoms with Crippen LogP contribution in [0.2, 0.25) is 0 Å². The standard InChI is InChI=1S/C11H15N3O2/c1-2-3-4-5-8-11-9(7-16-14-11)13-10(15)6-12-8/h6-7,14H,2-5H2,1H3,(H,13,15). The summed E-state index contributed by atoms with van der Waals surface area (Å²) in [6.07, 6.45) is 7.04. The Morgan fingerprint density at radius 1 is 1.44 bits per heavy atom. The number of carbonyl (C=O) groups excluding carboxylic acids is 1. The molecule has 0 aliphatic carbocycles. The number of hydroxylamine groups is 1. The monoisotopic (exact) mass is 221 g/mol. The van der Waals surface area contributed by atoms with Crippen LogP contribution in [0, 0.1) is 0 Å². The van der Waals surface area contributed by atoms with Crippen molar-refractivity contribution in [1.82, 2.24) is 10.8 Å². The third-order valence-electron chi connectivity index (χ3n) is 2.51. The van der Waals surface area contributed by atoms with Gasteiger partial charge in [-0.2, -0.15) is 0 Å². The first-order valence-electron chi connectivity index (χ1n) is 5.51.